The Bertz CT molecular complexity index is 1670. The van der Waals surface area contributed by atoms with Crippen molar-refractivity contribution < 1.29 is 11.9 Å². The van der Waals surface area contributed by atoms with Crippen LogP contribution in [0.5, 0.6) is 0 Å². The average molecular weight is 694 g/mol. The molecule has 0 amide bonds. The van der Waals surface area contributed by atoms with E-state index in [4.69, 9.17) is 19.4 Å². The predicted octanol–water partition coefficient (Wildman–Crippen LogP) is 11.2. The van der Waals surface area contributed by atoms with Crippen LogP contribution >= 0.6 is 19.4 Å². The van der Waals surface area contributed by atoms with Gasteiger partial charge in [-0.1, -0.05) is 33.1 Å². The molecule has 3 aromatic rings. The van der Waals surface area contributed by atoms with Gasteiger partial charge in [-0.25, -0.2) is 5.57 Å². The van der Waals surface area contributed by atoms with E-state index in [0.717, 1.165) is 15.4 Å². The van der Waals surface area contributed by atoms with Crippen LogP contribution in [0.25, 0.3) is 11.4 Å². The van der Waals surface area contributed by atoms with E-state index in [1.165, 1.54) is 50.1 Å². The summed E-state index contributed by atoms with van der Waals surface area (Å²) in [6, 6.07) is 8.84. The van der Waals surface area contributed by atoms with Gasteiger partial charge in [0.05, 0.1) is 0 Å². The van der Waals surface area contributed by atoms with E-state index in [9.17, 15) is 0 Å². The Morgan fingerprint density at radius 3 is 1.38 bits per heavy atom. The van der Waals surface area contributed by atoms with Gasteiger partial charge in [0, 0.05) is 0 Å². The summed E-state index contributed by atoms with van der Waals surface area (Å²) in [5, 5.41) is 0. The first-order valence-electron chi connectivity index (χ1n) is 14.5. The quantitative estimate of drug-likeness (QED) is 0.187. The van der Waals surface area contributed by atoms with Crippen molar-refractivity contribution in [3.05, 3.63) is 103 Å². The molecule has 0 aliphatic heterocycles. The Kier molecular flexibility index (Phi) is 10.3. The third-order valence-corrected chi connectivity index (χ3v) is 12.9. The number of halogens is 2. The molecule has 1 heterocycles. The van der Waals surface area contributed by atoms with E-state index in [-0.39, 0.29) is 10.8 Å². The van der Waals surface area contributed by atoms with E-state index in [1.807, 2.05) is 6.08 Å². The second-order valence-corrected chi connectivity index (χ2v) is 22.3. The first kappa shape index (κ1) is 34.5. The zero-order valence-electron chi connectivity index (χ0n) is 28.0. The normalized spacial score (nSPS) is 15.2. The Balaban J connectivity index is 0.000000408. The van der Waals surface area contributed by atoms with Crippen molar-refractivity contribution in [2.75, 3.05) is 0 Å². The second-order valence-electron chi connectivity index (χ2n) is 13.4. The third kappa shape index (κ3) is 7.54. The summed E-state index contributed by atoms with van der Waals surface area (Å²) in [5.74, 6) is 0. The second kappa shape index (κ2) is 12.5. The molecule has 0 bridgehead atoms. The summed E-state index contributed by atoms with van der Waals surface area (Å²) in [6.07, 6.45) is 9.66. The molecule has 1 aliphatic carbocycles. The Hall–Kier alpha value is -2.02. The Morgan fingerprint density at radius 1 is 0.738 bits per heavy atom. The van der Waals surface area contributed by atoms with Crippen LogP contribution < -0.4 is 0 Å². The number of imidazole rings is 1. The van der Waals surface area contributed by atoms with Crippen molar-refractivity contribution >= 4 is 23.6 Å². The first-order valence-corrected chi connectivity index (χ1v) is 20.7. The molecule has 0 radical (unpaired) electrons. The molecule has 4 rings (SSSR count). The van der Waals surface area contributed by atoms with Gasteiger partial charge in [-0.3, -0.25) is 6.08 Å². The van der Waals surface area contributed by atoms with Crippen molar-refractivity contribution in [2.24, 2.45) is 10.8 Å². The van der Waals surface area contributed by atoms with E-state index >= 15 is 0 Å². The van der Waals surface area contributed by atoms with Gasteiger partial charge >= 0.3 is 204 Å². The van der Waals surface area contributed by atoms with Crippen molar-refractivity contribution in [1.82, 2.24) is 9.13 Å². The Labute approximate surface area is 265 Å². The molecule has 230 valence electrons. The molecule has 0 unspecified atom stereocenters. The molecule has 0 saturated carbocycles. The molecule has 0 atom stereocenters. The van der Waals surface area contributed by atoms with Crippen molar-refractivity contribution in [2.45, 2.75) is 96.9 Å². The molecule has 5 heteroatoms. The van der Waals surface area contributed by atoms with Gasteiger partial charge < -0.3 is 0 Å². The van der Waals surface area contributed by atoms with Crippen LogP contribution in [-0.4, -0.2) is 13.4 Å². The van der Waals surface area contributed by atoms with Crippen LogP contribution in [0.3, 0.4) is 0 Å². The zero-order valence-corrected chi connectivity index (χ0v) is 31.3. The van der Waals surface area contributed by atoms with E-state index in [1.54, 1.807) is 0 Å². The maximum atomic E-state index is 7.24. The fourth-order valence-corrected chi connectivity index (χ4v) is 10.7. The molecule has 0 spiro atoms. The van der Waals surface area contributed by atoms with Crippen molar-refractivity contribution in [3.63, 3.8) is 0 Å². The first-order chi connectivity index (χ1) is 19.2. The minimum absolute atomic E-state index is 0.0521. The van der Waals surface area contributed by atoms with Crippen LogP contribution in [0.2, 0.25) is 0 Å². The molecule has 1 aromatic heterocycles. The number of nitrogens with zero attached hydrogens (tertiary/aromatic N) is 2. The van der Waals surface area contributed by atoms with Gasteiger partial charge in [0.1, 0.15) is 0 Å². The molecule has 0 N–H and O–H groups in total. The summed E-state index contributed by atoms with van der Waals surface area (Å²) < 4.78 is 8.75. The molecule has 0 saturated heterocycles. The van der Waals surface area contributed by atoms with Gasteiger partial charge in [0.25, 0.3) is 0 Å². The molecule has 42 heavy (non-hydrogen) atoms. The fraction of sp³-hybridized carbons (Fsp3) is 0.432. The van der Waals surface area contributed by atoms with Gasteiger partial charge in [-0.05, 0) is 0 Å². The molecule has 2 aromatic carbocycles. The fourth-order valence-electron chi connectivity index (χ4n) is 5.68. The number of allylic oxidation sites excluding steroid dienone is 5. The summed E-state index contributed by atoms with van der Waals surface area (Å²) in [6.45, 7) is 30.2. The van der Waals surface area contributed by atoms with E-state index in [2.05, 4.69) is 153 Å². The molecule has 2 nitrogen and oxygen atoms in total. The summed E-state index contributed by atoms with van der Waals surface area (Å²) >= 11 is -3.55. The maximum absolute atomic E-state index is 7.24. The summed E-state index contributed by atoms with van der Waals surface area (Å²) in [7, 11) is 14.5. The number of aromatic nitrogens is 2. The minimum atomic E-state index is -3.55. The predicted molar refractivity (Wildman–Crippen MR) is 182 cm³/mol. The van der Waals surface area contributed by atoms with Crippen LogP contribution in [-0.2, 0) is 11.9 Å². The Morgan fingerprint density at radius 2 is 1.12 bits per heavy atom. The number of rotatable bonds is 2. The van der Waals surface area contributed by atoms with Crippen molar-refractivity contribution in [1.29, 1.82) is 0 Å². The average Bonchev–Trinajstić information content (AvgIpc) is 3.32. The summed E-state index contributed by atoms with van der Waals surface area (Å²) in [5.41, 5.74) is 13.9. The molecular weight excluding hydrogens is 644 g/mol. The number of hydrogen-bond donors (Lipinski definition) is 0. The van der Waals surface area contributed by atoms with E-state index in [0.29, 0.717) is 0 Å². The van der Waals surface area contributed by atoms with Gasteiger partial charge in [0.2, 0.25) is 0 Å². The topological polar surface area (TPSA) is 9.86 Å². The number of aryl methyl sites for hydroxylation is 6. The zero-order chi connectivity index (χ0) is 31.9. The van der Waals surface area contributed by atoms with Gasteiger partial charge in [-0.2, -0.15) is 11.1 Å². The SMILES string of the molecule is CC1=[C-]C(C)(C)C(C)=C1C.Cc1cc(C)c(-n2ccn(-c3c(C)cc(C)cc3C)[c]2=[Ru]([Cl])([Cl])=[C]=CC(C)(C)C)c(C)c1. The van der Waals surface area contributed by atoms with Crippen LogP contribution in [0.15, 0.2) is 59.5 Å². The third-order valence-electron chi connectivity index (χ3n) is 7.88. The monoisotopic (exact) mass is 693 g/mol. The van der Waals surface area contributed by atoms with Crippen molar-refractivity contribution in [3.8, 4) is 11.4 Å². The standard InChI is InChI=1S/C21H24N2.C10H15.C6H10.2ClH.Ru/c1-14-9-16(3)20(17(4)10-14)22-7-8-23(13-22)21-18(5)11-15(2)12-19(21)6;1-7-6-10(4,5)9(3)8(7)2;1-5-6(2,3)4;;;/h7-12H,1-6H3;1-5H3;5H,2-4H3;2*1H;/q;-1;;;;+2/p-2. The van der Waals surface area contributed by atoms with E-state index < -0.39 is 11.9 Å². The number of benzene rings is 2. The van der Waals surface area contributed by atoms with Gasteiger partial charge in [-0.15, -0.1) is 6.92 Å². The number of hydrogen-bond acceptors (Lipinski definition) is 0. The van der Waals surface area contributed by atoms with Crippen LogP contribution in [0.1, 0.15) is 88.8 Å². The van der Waals surface area contributed by atoms with Crippen LogP contribution in [0.4, 0.5) is 0 Å². The molecule has 1 aliphatic rings. The van der Waals surface area contributed by atoms with Gasteiger partial charge in [0.15, 0.2) is 0 Å². The van der Waals surface area contributed by atoms with Crippen LogP contribution in [0, 0.1) is 62.5 Å². The summed E-state index contributed by atoms with van der Waals surface area (Å²) in [4.78, 5) is 0. The molecular formula is C37H49Cl2N2Ru-. The molecule has 0 fully saturated rings.